The van der Waals surface area contributed by atoms with Gasteiger partial charge in [-0.25, -0.2) is 4.39 Å². The predicted molar refractivity (Wildman–Crippen MR) is 57.3 cm³/mol. The number of halogens is 1. The minimum absolute atomic E-state index is 0.0977. The summed E-state index contributed by atoms with van der Waals surface area (Å²) in [5.41, 5.74) is -0.687. The molecule has 0 radical (unpaired) electrons. The zero-order valence-electron chi connectivity index (χ0n) is 9.11. The van der Waals surface area contributed by atoms with Crippen LogP contribution in [0.15, 0.2) is 30.3 Å². The highest BCUT2D eigenvalue weighted by Crippen LogP contribution is 2.16. The molecule has 0 amide bonds. The van der Waals surface area contributed by atoms with Gasteiger partial charge in [0.1, 0.15) is 0 Å². The van der Waals surface area contributed by atoms with Gasteiger partial charge in [0.15, 0.2) is 5.67 Å². The molecule has 2 nitrogen and oxygen atoms in total. The van der Waals surface area contributed by atoms with E-state index in [1.54, 1.807) is 0 Å². The number of ether oxygens (including phenoxy) is 1. The van der Waals surface area contributed by atoms with Crippen molar-refractivity contribution in [1.82, 2.24) is 0 Å². The molecule has 0 aliphatic rings. The molecule has 0 aliphatic carbocycles. The molecule has 0 aliphatic heterocycles. The predicted octanol–water partition coefficient (Wildman–Crippen LogP) is 2.31. The molecule has 0 fully saturated rings. The first-order chi connectivity index (χ1) is 7.02. The first-order valence-electron chi connectivity index (χ1n) is 5.01. The lowest BCUT2D eigenvalue weighted by molar-refractivity contribution is -0.0533. The van der Waals surface area contributed by atoms with Gasteiger partial charge in [0, 0.05) is 0 Å². The van der Waals surface area contributed by atoms with Crippen LogP contribution in [0.4, 0.5) is 4.39 Å². The van der Waals surface area contributed by atoms with Crippen LogP contribution in [0, 0.1) is 0 Å². The van der Waals surface area contributed by atoms with Gasteiger partial charge in [-0.3, -0.25) is 0 Å². The van der Waals surface area contributed by atoms with Gasteiger partial charge in [0.2, 0.25) is 0 Å². The van der Waals surface area contributed by atoms with E-state index in [4.69, 9.17) is 9.84 Å². The summed E-state index contributed by atoms with van der Waals surface area (Å²) in [5, 5.41) is 9.12. The molecular formula is C12H17FO2. The molecule has 84 valence electrons. The molecule has 0 saturated heterocycles. The average molecular weight is 212 g/mol. The smallest absolute Gasteiger partial charge is 0.156 e. The maximum atomic E-state index is 13.5. The number of alkyl halides is 1. The maximum Gasteiger partial charge on any atom is 0.156 e. The van der Waals surface area contributed by atoms with Crippen molar-refractivity contribution in [1.29, 1.82) is 0 Å². The van der Waals surface area contributed by atoms with E-state index in [1.807, 2.05) is 30.3 Å². The molecule has 1 aromatic carbocycles. The quantitative estimate of drug-likeness (QED) is 0.811. The first kappa shape index (κ1) is 12.1. The van der Waals surface area contributed by atoms with E-state index >= 15 is 0 Å². The summed E-state index contributed by atoms with van der Waals surface area (Å²) >= 11 is 0. The Bertz CT molecular complexity index is 283. The van der Waals surface area contributed by atoms with Crippen molar-refractivity contribution < 1.29 is 14.2 Å². The second kappa shape index (κ2) is 5.24. The average Bonchev–Trinajstić information content (AvgIpc) is 2.19. The molecule has 0 saturated carbocycles. The normalized spacial score (nSPS) is 17.1. The Hall–Kier alpha value is -0.930. The highest BCUT2D eigenvalue weighted by atomic mass is 19.1. The minimum atomic E-state index is -1.69. The third-order valence-electron chi connectivity index (χ3n) is 2.37. The van der Waals surface area contributed by atoms with E-state index in [9.17, 15) is 4.39 Å². The molecule has 0 heterocycles. The molecule has 0 aromatic heterocycles. The number of aliphatic hydroxyl groups excluding tert-OH is 1. The molecule has 1 N–H and O–H groups in total. The van der Waals surface area contributed by atoms with Crippen LogP contribution in [0.3, 0.4) is 0 Å². The van der Waals surface area contributed by atoms with Crippen LogP contribution in [0.25, 0.3) is 0 Å². The van der Waals surface area contributed by atoms with Crippen molar-refractivity contribution in [3.8, 4) is 0 Å². The zero-order chi connectivity index (χ0) is 11.3. The molecule has 0 spiro atoms. The van der Waals surface area contributed by atoms with Crippen molar-refractivity contribution in [3.63, 3.8) is 0 Å². The Balaban J connectivity index is 2.34. The zero-order valence-corrected chi connectivity index (χ0v) is 9.11. The van der Waals surface area contributed by atoms with Crippen LogP contribution < -0.4 is 0 Å². The van der Waals surface area contributed by atoms with Gasteiger partial charge in [-0.2, -0.15) is 0 Å². The fraction of sp³-hybridized carbons (Fsp3) is 0.500. The highest BCUT2D eigenvalue weighted by molar-refractivity contribution is 5.13. The molecule has 1 aromatic rings. The fourth-order valence-corrected chi connectivity index (χ4v) is 1.06. The number of hydrogen-bond acceptors (Lipinski definition) is 2. The van der Waals surface area contributed by atoms with E-state index in [0.29, 0.717) is 6.61 Å². The lowest BCUT2D eigenvalue weighted by Gasteiger charge is -2.23. The third kappa shape index (κ3) is 3.98. The van der Waals surface area contributed by atoms with Crippen LogP contribution in [-0.2, 0) is 11.3 Å². The standard InChI is InChI=1S/C12H17FO2/c1-10(14)12(2,13)9-15-8-11-6-4-3-5-7-11/h3-7,10,14H,8-9H2,1-2H3. The van der Waals surface area contributed by atoms with Gasteiger partial charge in [-0.1, -0.05) is 30.3 Å². The fourth-order valence-electron chi connectivity index (χ4n) is 1.06. The van der Waals surface area contributed by atoms with Crippen molar-refractivity contribution >= 4 is 0 Å². The Morgan fingerprint density at radius 3 is 2.53 bits per heavy atom. The van der Waals surface area contributed by atoms with Crippen molar-refractivity contribution in [2.75, 3.05) is 6.61 Å². The van der Waals surface area contributed by atoms with E-state index in [2.05, 4.69) is 0 Å². The number of benzene rings is 1. The summed E-state index contributed by atoms with van der Waals surface area (Å²) in [7, 11) is 0. The molecule has 0 bridgehead atoms. The summed E-state index contributed by atoms with van der Waals surface area (Å²) in [6, 6.07) is 9.55. The van der Waals surface area contributed by atoms with E-state index in [1.165, 1.54) is 13.8 Å². The van der Waals surface area contributed by atoms with Crippen LogP contribution in [0.5, 0.6) is 0 Å². The van der Waals surface area contributed by atoms with Crippen molar-refractivity contribution in [2.24, 2.45) is 0 Å². The SMILES string of the molecule is CC(O)C(C)(F)COCc1ccccc1. The van der Waals surface area contributed by atoms with Gasteiger partial charge in [0.25, 0.3) is 0 Å². The van der Waals surface area contributed by atoms with E-state index < -0.39 is 11.8 Å². The second-order valence-electron chi connectivity index (χ2n) is 3.93. The maximum absolute atomic E-state index is 13.5. The van der Waals surface area contributed by atoms with Crippen LogP contribution in [-0.4, -0.2) is 23.5 Å². The minimum Gasteiger partial charge on any atom is -0.390 e. The van der Waals surface area contributed by atoms with Gasteiger partial charge in [-0.15, -0.1) is 0 Å². The van der Waals surface area contributed by atoms with E-state index in [-0.39, 0.29) is 6.61 Å². The number of hydrogen-bond donors (Lipinski definition) is 1. The summed E-state index contributed by atoms with van der Waals surface area (Å²) in [4.78, 5) is 0. The largest absolute Gasteiger partial charge is 0.390 e. The van der Waals surface area contributed by atoms with Crippen molar-refractivity contribution in [2.45, 2.75) is 32.2 Å². The van der Waals surface area contributed by atoms with Crippen LogP contribution >= 0.6 is 0 Å². The molecular weight excluding hydrogens is 195 g/mol. The number of aliphatic hydroxyl groups is 1. The van der Waals surface area contributed by atoms with Crippen LogP contribution in [0.2, 0.25) is 0 Å². The van der Waals surface area contributed by atoms with E-state index in [0.717, 1.165) is 5.56 Å². The molecule has 15 heavy (non-hydrogen) atoms. The lowest BCUT2D eigenvalue weighted by Crippen LogP contribution is -2.37. The highest BCUT2D eigenvalue weighted by Gasteiger charge is 2.29. The topological polar surface area (TPSA) is 29.5 Å². The monoisotopic (exact) mass is 212 g/mol. The summed E-state index contributed by atoms with van der Waals surface area (Å²) in [6.07, 6.45) is -1.02. The molecule has 2 unspecified atom stereocenters. The second-order valence-corrected chi connectivity index (χ2v) is 3.93. The van der Waals surface area contributed by atoms with Gasteiger partial charge in [0.05, 0.1) is 19.3 Å². The third-order valence-corrected chi connectivity index (χ3v) is 2.37. The Labute approximate surface area is 89.7 Å². The number of rotatable bonds is 5. The Morgan fingerprint density at radius 1 is 1.40 bits per heavy atom. The molecule has 1 rings (SSSR count). The summed E-state index contributed by atoms with van der Waals surface area (Å²) < 4.78 is 18.8. The summed E-state index contributed by atoms with van der Waals surface area (Å²) in [6.45, 7) is 3.03. The molecule has 3 heteroatoms. The van der Waals surface area contributed by atoms with Gasteiger partial charge in [-0.05, 0) is 19.4 Å². The Kier molecular flexibility index (Phi) is 4.24. The summed E-state index contributed by atoms with van der Waals surface area (Å²) in [5.74, 6) is 0. The Morgan fingerprint density at radius 2 is 2.00 bits per heavy atom. The lowest BCUT2D eigenvalue weighted by atomic mass is 10.0. The molecule has 2 atom stereocenters. The van der Waals surface area contributed by atoms with Crippen molar-refractivity contribution in [3.05, 3.63) is 35.9 Å². The van der Waals surface area contributed by atoms with Crippen LogP contribution in [0.1, 0.15) is 19.4 Å². The first-order valence-corrected chi connectivity index (χ1v) is 5.01. The van der Waals surface area contributed by atoms with Gasteiger partial charge >= 0.3 is 0 Å². The van der Waals surface area contributed by atoms with Gasteiger partial charge < -0.3 is 9.84 Å².